The fraction of sp³-hybridized carbons (Fsp3) is 0.217. The first-order valence-electron chi connectivity index (χ1n) is 10.6. The monoisotopic (exact) mass is 629 g/mol. The summed E-state index contributed by atoms with van der Waals surface area (Å²) in [6.07, 6.45) is 1.57. The molecule has 13 heteroatoms. The van der Waals surface area contributed by atoms with Crippen molar-refractivity contribution in [2.45, 2.75) is 25.8 Å². The molecule has 2 aromatic carbocycles. The van der Waals surface area contributed by atoms with E-state index in [4.69, 9.17) is 4.74 Å². The molecule has 0 spiro atoms. The molecule has 3 N–H and O–H groups in total. The van der Waals surface area contributed by atoms with Crippen molar-refractivity contribution < 1.29 is 27.1 Å². The van der Waals surface area contributed by atoms with E-state index in [-0.39, 0.29) is 45.9 Å². The van der Waals surface area contributed by atoms with Crippen LogP contribution in [0.5, 0.6) is 11.5 Å². The zero-order valence-corrected chi connectivity index (χ0v) is 22.0. The Hall–Kier alpha value is -3.04. The molecule has 1 fully saturated rings. The van der Waals surface area contributed by atoms with E-state index in [1.54, 1.807) is 6.07 Å². The third-order valence-corrected chi connectivity index (χ3v) is 6.45. The van der Waals surface area contributed by atoms with E-state index >= 15 is 0 Å². The second-order valence-corrected chi connectivity index (χ2v) is 10.1. The number of hydrogen-bond acceptors (Lipinski definition) is 6. The molecular formula is C23H20F2IN4O5S-. The molecule has 9 nitrogen and oxygen atoms in total. The average molecular weight is 629 g/mol. The van der Waals surface area contributed by atoms with Gasteiger partial charge in [-0.2, -0.15) is 0 Å². The molecule has 0 bridgehead atoms. The molecule has 0 aliphatic heterocycles. The first-order valence-corrected chi connectivity index (χ1v) is 12.8. The van der Waals surface area contributed by atoms with Crippen LogP contribution in [0, 0.1) is 22.1 Å². The highest BCUT2D eigenvalue weighted by atomic mass is 127. The lowest BCUT2D eigenvalue weighted by molar-refractivity contribution is 0.0948. The third-order valence-electron chi connectivity index (χ3n) is 5.38. The molecule has 1 unspecified atom stereocenters. The van der Waals surface area contributed by atoms with Crippen LogP contribution in [-0.4, -0.2) is 25.3 Å². The van der Waals surface area contributed by atoms with Crippen molar-refractivity contribution in [1.82, 2.24) is 9.88 Å². The topological polar surface area (TPSA) is 125 Å². The molecule has 0 saturated heterocycles. The molecule has 1 saturated carbocycles. The summed E-state index contributed by atoms with van der Waals surface area (Å²) in [6, 6.07) is 7.47. The van der Waals surface area contributed by atoms with Gasteiger partial charge in [0.05, 0.1) is 16.9 Å². The first-order chi connectivity index (χ1) is 17.0. The maximum absolute atomic E-state index is 14.7. The number of hydrogen-bond donors (Lipinski definition) is 3. The molecular weight excluding hydrogens is 609 g/mol. The lowest BCUT2D eigenvalue weighted by atomic mass is 10.1. The van der Waals surface area contributed by atoms with E-state index in [0.717, 1.165) is 25.0 Å². The number of benzene rings is 2. The van der Waals surface area contributed by atoms with Gasteiger partial charge in [-0.15, -0.1) is 0 Å². The van der Waals surface area contributed by atoms with Gasteiger partial charge in [0, 0.05) is 40.1 Å². The van der Waals surface area contributed by atoms with Crippen LogP contribution < -0.4 is 25.7 Å². The number of carbonyl (C=O) groups excluding carboxylic acids is 1. The van der Waals surface area contributed by atoms with Crippen molar-refractivity contribution in [3.63, 3.8) is 0 Å². The largest absolute Gasteiger partial charge is 0.755 e. The fourth-order valence-electron chi connectivity index (χ4n) is 3.50. The quantitative estimate of drug-likeness (QED) is 0.254. The molecule has 36 heavy (non-hydrogen) atoms. The number of pyridine rings is 1. The summed E-state index contributed by atoms with van der Waals surface area (Å²) in [7, 11) is 1.42. The van der Waals surface area contributed by atoms with Crippen LogP contribution in [0.2, 0.25) is 0 Å². The zero-order chi connectivity index (χ0) is 26.1. The summed E-state index contributed by atoms with van der Waals surface area (Å²) >= 11 is -0.763. The standard InChI is InChI=1S/C23H21F2IN4O5S/c1-11-20(35-16-8-12(24)7-15(10-16)29-36(33)34)19(22(31)27-14-4-5-14)21(30(2)23(11)32)28-18-6-3-13(26)9-17(18)25/h3,6-10,14,28-29H,4-5H2,1-2H3,(H,27,31)(H,33,34)/p-1. The van der Waals surface area contributed by atoms with Crippen molar-refractivity contribution in [2.24, 2.45) is 7.05 Å². The van der Waals surface area contributed by atoms with Gasteiger partial charge in [-0.05, 0) is 66.6 Å². The summed E-state index contributed by atoms with van der Waals surface area (Å²) in [5.41, 5.74) is -0.695. The Kier molecular flexibility index (Phi) is 7.61. The SMILES string of the molecule is Cc1c(Oc2cc(F)cc(NS(=O)[O-])c2)c(C(=O)NC2CC2)c(Nc2ccc(I)cc2F)n(C)c1=O. The summed E-state index contributed by atoms with van der Waals surface area (Å²) in [4.78, 5) is 26.4. The maximum atomic E-state index is 14.7. The van der Waals surface area contributed by atoms with Crippen molar-refractivity contribution in [2.75, 3.05) is 10.0 Å². The normalized spacial score (nSPS) is 13.7. The Labute approximate surface area is 220 Å². The van der Waals surface area contributed by atoms with Crippen LogP contribution in [0.15, 0.2) is 41.2 Å². The number of ether oxygens (including phenoxy) is 1. The van der Waals surface area contributed by atoms with Gasteiger partial charge in [-0.1, -0.05) is 0 Å². The van der Waals surface area contributed by atoms with E-state index < -0.39 is 34.4 Å². The van der Waals surface area contributed by atoms with Gasteiger partial charge < -0.3 is 24.6 Å². The van der Waals surface area contributed by atoms with Crippen LogP contribution in [0.4, 0.5) is 26.0 Å². The van der Waals surface area contributed by atoms with Crippen molar-refractivity contribution in [1.29, 1.82) is 0 Å². The Balaban J connectivity index is 1.87. The number of carbonyl (C=O) groups is 1. The molecule has 190 valence electrons. The highest BCUT2D eigenvalue weighted by Crippen LogP contribution is 2.36. The van der Waals surface area contributed by atoms with Crippen LogP contribution in [0.3, 0.4) is 0 Å². The summed E-state index contributed by atoms with van der Waals surface area (Å²) < 4.78 is 60.5. The van der Waals surface area contributed by atoms with Crippen LogP contribution in [0.25, 0.3) is 0 Å². The average Bonchev–Trinajstić information content (AvgIpc) is 3.60. The maximum Gasteiger partial charge on any atom is 0.259 e. The summed E-state index contributed by atoms with van der Waals surface area (Å²) in [5, 5.41) is 5.66. The molecule has 1 amide bonds. The summed E-state index contributed by atoms with van der Waals surface area (Å²) in [6.45, 7) is 1.44. The second kappa shape index (κ2) is 10.5. The van der Waals surface area contributed by atoms with Gasteiger partial charge in [0.15, 0.2) is 5.75 Å². The molecule has 1 atom stereocenters. The molecule has 1 aliphatic rings. The Bertz CT molecular complexity index is 1440. The fourth-order valence-corrected chi connectivity index (χ4v) is 4.26. The zero-order valence-electron chi connectivity index (χ0n) is 19.0. The van der Waals surface area contributed by atoms with Crippen molar-refractivity contribution in [3.8, 4) is 11.5 Å². The number of aromatic nitrogens is 1. The van der Waals surface area contributed by atoms with Crippen molar-refractivity contribution in [3.05, 3.63) is 73.1 Å². The van der Waals surface area contributed by atoms with Gasteiger partial charge >= 0.3 is 0 Å². The van der Waals surface area contributed by atoms with E-state index in [1.165, 1.54) is 36.7 Å². The minimum atomic E-state index is -2.72. The van der Waals surface area contributed by atoms with E-state index in [9.17, 15) is 27.1 Å². The third kappa shape index (κ3) is 5.84. The first kappa shape index (κ1) is 26.0. The van der Waals surface area contributed by atoms with E-state index in [0.29, 0.717) is 3.57 Å². The number of rotatable bonds is 8. The van der Waals surface area contributed by atoms with Crippen LogP contribution >= 0.6 is 22.6 Å². The predicted octanol–water partition coefficient (Wildman–Crippen LogP) is 4.21. The Morgan fingerprint density at radius 1 is 1.22 bits per heavy atom. The molecule has 3 aromatic rings. The van der Waals surface area contributed by atoms with Crippen molar-refractivity contribution >= 4 is 57.0 Å². The lowest BCUT2D eigenvalue weighted by Gasteiger charge is -2.21. The molecule has 0 radical (unpaired) electrons. The highest BCUT2D eigenvalue weighted by molar-refractivity contribution is 14.1. The minimum absolute atomic E-state index is 0.0239. The number of amides is 1. The smallest absolute Gasteiger partial charge is 0.259 e. The van der Waals surface area contributed by atoms with Gasteiger partial charge in [-0.25, -0.2) is 8.78 Å². The second-order valence-electron chi connectivity index (χ2n) is 8.15. The van der Waals surface area contributed by atoms with Crippen LogP contribution in [-0.2, 0) is 18.3 Å². The molecule has 1 aliphatic carbocycles. The minimum Gasteiger partial charge on any atom is -0.755 e. The van der Waals surface area contributed by atoms with Gasteiger partial charge in [-0.3, -0.25) is 18.4 Å². The van der Waals surface area contributed by atoms with Gasteiger partial charge in [0.1, 0.15) is 28.8 Å². The summed E-state index contributed by atoms with van der Waals surface area (Å²) in [5.74, 6) is -2.36. The molecule has 1 aromatic heterocycles. The number of nitrogens with one attached hydrogen (secondary N) is 3. The molecule has 1 heterocycles. The highest BCUT2D eigenvalue weighted by Gasteiger charge is 2.30. The number of anilines is 3. The van der Waals surface area contributed by atoms with E-state index in [2.05, 4.69) is 10.6 Å². The predicted molar refractivity (Wildman–Crippen MR) is 138 cm³/mol. The van der Waals surface area contributed by atoms with E-state index in [1.807, 2.05) is 27.3 Å². The van der Waals surface area contributed by atoms with Crippen LogP contribution in [0.1, 0.15) is 28.8 Å². The number of nitrogens with zero attached hydrogens (tertiary/aromatic N) is 1. The number of halogens is 3. The Morgan fingerprint density at radius 2 is 1.94 bits per heavy atom. The van der Waals surface area contributed by atoms with Gasteiger partial charge in [0.25, 0.3) is 11.5 Å². The molecule has 4 rings (SSSR count). The van der Waals surface area contributed by atoms with Gasteiger partial charge in [0.2, 0.25) is 0 Å². The Morgan fingerprint density at radius 3 is 2.58 bits per heavy atom. The lowest BCUT2D eigenvalue weighted by Crippen LogP contribution is -2.31.